The van der Waals surface area contributed by atoms with Crippen LogP contribution in [0.5, 0.6) is 0 Å². The van der Waals surface area contributed by atoms with Gasteiger partial charge in [0.25, 0.3) is 0 Å². The van der Waals surface area contributed by atoms with Crippen molar-refractivity contribution in [2.45, 2.75) is 6.42 Å². The molecule has 18 heavy (non-hydrogen) atoms. The van der Waals surface area contributed by atoms with Crippen LogP contribution in [0.1, 0.15) is 17.5 Å². The van der Waals surface area contributed by atoms with Gasteiger partial charge >= 0.3 is 0 Å². The van der Waals surface area contributed by atoms with Gasteiger partial charge in [0, 0.05) is 24.6 Å². The van der Waals surface area contributed by atoms with Crippen molar-refractivity contribution in [2.24, 2.45) is 5.92 Å². The lowest BCUT2D eigenvalue weighted by molar-refractivity contribution is -0.117. The van der Waals surface area contributed by atoms with E-state index in [1.807, 2.05) is 12.1 Å². The minimum absolute atomic E-state index is 0.0218. The Morgan fingerprint density at radius 1 is 1.33 bits per heavy atom. The summed E-state index contributed by atoms with van der Waals surface area (Å²) in [6, 6.07) is 8.78. The lowest BCUT2D eigenvalue weighted by Crippen LogP contribution is -2.24. The summed E-state index contributed by atoms with van der Waals surface area (Å²) in [7, 11) is 0. The van der Waals surface area contributed by atoms with Crippen molar-refractivity contribution in [1.82, 2.24) is 0 Å². The van der Waals surface area contributed by atoms with E-state index in [0.29, 0.717) is 29.8 Å². The zero-order chi connectivity index (χ0) is 13.1. The first-order valence-electron chi connectivity index (χ1n) is 5.56. The lowest BCUT2D eigenvalue weighted by Gasteiger charge is -2.16. The van der Waals surface area contributed by atoms with E-state index in [2.05, 4.69) is 6.58 Å². The molecule has 0 saturated carbocycles. The molecule has 1 aliphatic heterocycles. The zero-order valence-electron chi connectivity index (χ0n) is 9.76. The smallest absolute Gasteiger partial charge is 0.227 e. The third kappa shape index (κ3) is 1.97. The fraction of sp³-hybridized carbons (Fsp3) is 0.214. The molecule has 1 unspecified atom stereocenters. The van der Waals surface area contributed by atoms with E-state index in [-0.39, 0.29) is 11.8 Å². The standard InChI is InChI=1S/C14H11N3O/c1-2-10-5-14(18)17(9-10)13-4-3-11(7-15)12(6-13)8-16/h2-4,6,10H,1,5,9H2. The van der Waals surface area contributed by atoms with E-state index >= 15 is 0 Å². The third-order valence-corrected chi connectivity index (χ3v) is 3.04. The molecule has 0 radical (unpaired) electrons. The average Bonchev–Trinajstić information content (AvgIpc) is 2.79. The number of anilines is 1. The van der Waals surface area contributed by atoms with E-state index in [1.54, 1.807) is 29.2 Å². The van der Waals surface area contributed by atoms with Crippen LogP contribution in [0.25, 0.3) is 0 Å². The monoisotopic (exact) mass is 237 g/mol. The first-order valence-corrected chi connectivity index (χ1v) is 5.56. The van der Waals surface area contributed by atoms with Gasteiger partial charge in [-0.2, -0.15) is 10.5 Å². The van der Waals surface area contributed by atoms with E-state index < -0.39 is 0 Å². The highest BCUT2D eigenvalue weighted by Gasteiger charge is 2.28. The van der Waals surface area contributed by atoms with Gasteiger partial charge in [0.15, 0.2) is 0 Å². The summed E-state index contributed by atoms with van der Waals surface area (Å²) in [4.78, 5) is 13.5. The summed E-state index contributed by atoms with van der Waals surface area (Å²) >= 11 is 0. The number of hydrogen-bond acceptors (Lipinski definition) is 3. The number of carbonyl (C=O) groups is 1. The van der Waals surface area contributed by atoms with E-state index in [0.717, 1.165) is 0 Å². The number of amides is 1. The van der Waals surface area contributed by atoms with Crippen LogP contribution in [0.15, 0.2) is 30.9 Å². The number of nitrogens with zero attached hydrogens (tertiary/aromatic N) is 3. The molecule has 1 aromatic carbocycles. The number of benzene rings is 1. The van der Waals surface area contributed by atoms with Gasteiger partial charge in [-0.3, -0.25) is 4.79 Å². The van der Waals surface area contributed by atoms with Gasteiger partial charge in [-0.05, 0) is 18.2 Å². The summed E-state index contributed by atoms with van der Waals surface area (Å²) in [5.74, 6) is 0.173. The highest BCUT2D eigenvalue weighted by atomic mass is 16.2. The maximum Gasteiger partial charge on any atom is 0.227 e. The number of carbonyl (C=O) groups excluding carboxylic acids is 1. The maximum absolute atomic E-state index is 11.8. The summed E-state index contributed by atoms with van der Waals surface area (Å²) in [6.07, 6.45) is 2.22. The van der Waals surface area contributed by atoms with Crippen molar-refractivity contribution >= 4 is 11.6 Å². The van der Waals surface area contributed by atoms with E-state index in [9.17, 15) is 4.79 Å². The van der Waals surface area contributed by atoms with Crippen LogP contribution >= 0.6 is 0 Å². The molecule has 2 rings (SSSR count). The highest BCUT2D eigenvalue weighted by Crippen LogP contribution is 2.27. The Bertz CT molecular complexity index is 592. The fourth-order valence-corrected chi connectivity index (χ4v) is 2.03. The van der Waals surface area contributed by atoms with Gasteiger partial charge in [-0.25, -0.2) is 0 Å². The molecule has 1 atom stereocenters. The molecule has 4 nitrogen and oxygen atoms in total. The summed E-state index contributed by atoms with van der Waals surface area (Å²) < 4.78 is 0. The zero-order valence-corrected chi connectivity index (χ0v) is 9.76. The summed E-state index contributed by atoms with van der Waals surface area (Å²) in [5, 5.41) is 17.8. The third-order valence-electron chi connectivity index (χ3n) is 3.04. The fourth-order valence-electron chi connectivity index (χ4n) is 2.03. The molecule has 1 amide bonds. The van der Waals surface area contributed by atoms with Crippen LogP contribution < -0.4 is 4.90 Å². The van der Waals surface area contributed by atoms with Crippen molar-refractivity contribution in [3.05, 3.63) is 42.0 Å². The Labute approximate surface area is 105 Å². The van der Waals surface area contributed by atoms with Crippen molar-refractivity contribution < 1.29 is 4.79 Å². The first-order chi connectivity index (χ1) is 8.69. The van der Waals surface area contributed by atoms with Gasteiger partial charge < -0.3 is 4.90 Å². The van der Waals surface area contributed by atoms with Gasteiger partial charge in [-0.1, -0.05) is 6.08 Å². The van der Waals surface area contributed by atoms with Crippen molar-refractivity contribution in [2.75, 3.05) is 11.4 Å². The van der Waals surface area contributed by atoms with Crippen LogP contribution in [0.4, 0.5) is 5.69 Å². The van der Waals surface area contributed by atoms with Gasteiger partial charge in [-0.15, -0.1) is 6.58 Å². The number of hydrogen-bond donors (Lipinski definition) is 0. The molecule has 0 aliphatic carbocycles. The Morgan fingerprint density at radius 2 is 2.06 bits per heavy atom. The van der Waals surface area contributed by atoms with Gasteiger partial charge in [0.1, 0.15) is 12.1 Å². The van der Waals surface area contributed by atoms with E-state index in [4.69, 9.17) is 10.5 Å². The lowest BCUT2D eigenvalue weighted by atomic mass is 10.1. The summed E-state index contributed by atoms with van der Waals surface area (Å²) in [6.45, 7) is 4.27. The van der Waals surface area contributed by atoms with Crippen LogP contribution in [-0.2, 0) is 4.79 Å². The van der Waals surface area contributed by atoms with Crippen LogP contribution in [0.2, 0.25) is 0 Å². The summed E-state index contributed by atoms with van der Waals surface area (Å²) in [5.41, 5.74) is 1.29. The van der Waals surface area contributed by atoms with Crippen LogP contribution in [0.3, 0.4) is 0 Å². The minimum Gasteiger partial charge on any atom is -0.312 e. The largest absolute Gasteiger partial charge is 0.312 e. The molecule has 1 aromatic rings. The molecule has 1 heterocycles. The molecule has 0 bridgehead atoms. The maximum atomic E-state index is 11.8. The normalized spacial score (nSPS) is 18.2. The predicted molar refractivity (Wildman–Crippen MR) is 66.5 cm³/mol. The van der Waals surface area contributed by atoms with E-state index in [1.165, 1.54) is 0 Å². The predicted octanol–water partition coefficient (Wildman–Crippen LogP) is 1.97. The number of nitriles is 2. The van der Waals surface area contributed by atoms with Gasteiger partial charge in [0.05, 0.1) is 11.1 Å². The Morgan fingerprint density at radius 3 is 2.61 bits per heavy atom. The Kier molecular flexibility index (Phi) is 3.12. The molecule has 1 saturated heterocycles. The quantitative estimate of drug-likeness (QED) is 0.738. The molecule has 0 N–H and O–H groups in total. The highest BCUT2D eigenvalue weighted by molar-refractivity contribution is 5.96. The number of rotatable bonds is 2. The molecular weight excluding hydrogens is 226 g/mol. The minimum atomic E-state index is 0.0218. The second-order valence-corrected chi connectivity index (χ2v) is 4.16. The van der Waals surface area contributed by atoms with Crippen molar-refractivity contribution in [1.29, 1.82) is 10.5 Å². The van der Waals surface area contributed by atoms with Crippen LogP contribution in [-0.4, -0.2) is 12.5 Å². The molecular formula is C14H11N3O. The van der Waals surface area contributed by atoms with Crippen molar-refractivity contribution in [3.8, 4) is 12.1 Å². The molecule has 1 aliphatic rings. The average molecular weight is 237 g/mol. The second kappa shape index (κ2) is 4.73. The molecule has 88 valence electrons. The second-order valence-electron chi connectivity index (χ2n) is 4.16. The molecule has 4 heteroatoms. The topological polar surface area (TPSA) is 67.9 Å². The molecule has 0 aromatic heterocycles. The van der Waals surface area contributed by atoms with Crippen LogP contribution in [0, 0.1) is 28.6 Å². The Hall–Kier alpha value is -2.59. The van der Waals surface area contributed by atoms with Crippen molar-refractivity contribution in [3.63, 3.8) is 0 Å². The molecule has 1 fully saturated rings. The van der Waals surface area contributed by atoms with Gasteiger partial charge in [0.2, 0.25) is 5.91 Å². The first kappa shape index (κ1) is 11.9. The Balaban J connectivity index is 2.36. The SMILES string of the molecule is C=CC1CC(=O)N(c2ccc(C#N)c(C#N)c2)C1. The molecule has 0 spiro atoms.